The van der Waals surface area contributed by atoms with E-state index < -0.39 is 0 Å². The first-order valence-electron chi connectivity index (χ1n) is 10.5. The van der Waals surface area contributed by atoms with E-state index in [1.807, 2.05) is 12.1 Å². The molecule has 1 aromatic carbocycles. The second kappa shape index (κ2) is 7.82. The smallest absolute Gasteiger partial charge is 0.223 e. The van der Waals surface area contributed by atoms with E-state index in [2.05, 4.69) is 15.1 Å². The number of rotatable bonds is 4. The molecular formula is C22H30FN3O2. The van der Waals surface area contributed by atoms with Gasteiger partial charge in [-0.25, -0.2) is 4.39 Å². The van der Waals surface area contributed by atoms with Gasteiger partial charge in [0.05, 0.1) is 6.04 Å². The van der Waals surface area contributed by atoms with Crippen LogP contribution in [0.1, 0.15) is 43.7 Å². The first-order chi connectivity index (χ1) is 13.4. The van der Waals surface area contributed by atoms with Crippen molar-refractivity contribution < 1.29 is 14.0 Å². The van der Waals surface area contributed by atoms with Crippen molar-refractivity contribution >= 4 is 11.8 Å². The van der Waals surface area contributed by atoms with Gasteiger partial charge in [-0.1, -0.05) is 12.1 Å². The first-order valence-corrected chi connectivity index (χ1v) is 10.5. The molecule has 4 rings (SSSR count). The third-order valence-corrected chi connectivity index (χ3v) is 6.76. The number of aryl methyl sites for hydroxylation is 1. The summed E-state index contributed by atoms with van der Waals surface area (Å²) >= 11 is 0. The summed E-state index contributed by atoms with van der Waals surface area (Å²) in [7, 11) is 0. The molecule has 28 heavy (non-hydrogen) atoms. The summed E-state index contributed by atoms with van der Waals surface area (Å²) < 4.78 is 13.6. The van der Waals surface area contributed by atoms with Crippen molar-refractivity contribution in [2.45, 2.75) is 58.2 Å². The second-order valence-electron chi connectivity index (χ2n) is 8.80. The van der Waals surface area contributed by atoms with Crippen molar-refractivity contribution in [2.24, 2.45) is 11.8 Å². The van der Waals surface area contributed by atoms with Crippen molar-refractivity contribution in [2.75, 3.05) is 19.6 Å². The molecule has 0 aliphatic carbocycles. The molecule has 3 heterocycles. The Morgan fingerprint density at radius 1 is 1.29 bits per heavy atom. The van der Waals surface area contributed by atoms with Crippen LogP contribution < -0.4 is 5.32 Å². The summed E-state index contributed by atoms with van der Waals surface area (Å²) in [4.78, 5) is 28.8. The summed E-state index contributed by atoms with van der Waals surface area (Å²) in [5, 5.41) is 2.96. The van der Waals surface area contributed by atoms with Gasteiger partial charge in [0.25, 0.3) is 0 Å². The van der Waals surface area contributed by atoms with Crippen LogP contribution in [0, 0.1) is 24.6 Å². The number of hydrogen-bond donors (Lipinski definition) is 1. The number of halogens is 1. The van der Waals surface area contributed by atoms with E-state index in [0.29, 0.717) is 30.4 Å². The molecule has 3 fully saturated rings. The minimum Gasteiger partial charge on any atom is -0.354 e. The highest BCUT2D eigenvalue weighted by atomic mass is 19.1. The maximum Gasteiger partial charge on any atom is 0.223 e. The van der Waals surface area contributed by atoms with Crippen molar-refractivity contribution in [1.82, 2.24) is 15.1 Å². The number of benzene rings is 1. The van der Waals surface area contributed by atoms with Crippen molar-refractivity contribution in [3.63, 3.8) is 0 Å². The highest BCUT2D eigenvalue weighted by Crippen LogP contribution is 2.41. The first kappa shape index (κ1) is 19.4. The van der Waals surface area contributed by atoms with Crippen LogP contribution in [0.2, 0.25) is 0 Å². The maximum absolute atomic E-state index is 13.6. The Labute approximate surface area is 166 Å². The van der Waals surface area contributed by atoms with Crippen LogP contribution in [0.3, 0.4) is 0 Å². The normalized spacial score (nSPS) is 30.1. The molecule has 3 saturated heterocycles. The van der Waals surface area contributed by atoms with Crippen LogP contribution >= 0.6 is 0 Å². The molecule has 2 amide bonds. The summed E-state index contributed by atoms with van der Waals surface area (Å²) in [6.07, 6.45) is 3.77. The molecule has 1 N–H and O–H groups in total. The zero-order valence-electron chi connectivity index (χ0n) is 16.8. The van der Waals surface area contributed by atoms with Gasteiger partial charge in [-0.05, 0) is 55.2 Å². The summed E-state index contributed by atoms with van der Waals surface area (Å²) in [6, 6.07) is 5.73. The number of carbonyl (C=O) groups excluding carboxylic acids is 2. The number of piperidine rings is 3. The van der Waals surface area contributed by atoms with E-state index in [4.69, 9.17) is 0 Å². The van der Waals surface area contributed by atoms with E-state index >= 15 is 0 Å². The third-order valence-electron chi connectivity index (χ3n) is 6.76. The Morgan fingerprint density at radius 3 is 2.82 bits per heavy atom. The molecule has 0 spiro atoms. The molecule has 0 unspecified atom stereocenters. The molecule has 0 radical (unpaired) electrons. The Hall–Kier alpha value is -1.95. The minimum atomic E-state index is -0.161. The highest BCUT2D eigenvalue weighted by molar-refractivity contribution is 5.78. The molecule has 5 nitrogen and oxygen atoms in total. The van der Waals surface area contributed by atoms with E-state index in [1.54, 1.807) is 13.0 Å². The molecule has 152 valence electrons. The number of fused-ring (bicyclic) bond motifs is 4. The largest absolute Gasteiger partial charge is 0.354 e. The van der Waals surface area contributed by atoms with Gasteiger partial charge < -0.3 is 10.2 Å². The van der Waals surface area contributed by atoms with Crippen molar-refractivity contribution in [1.29, 1.82) is 0 Å². The monoisotopic (exact) mass is 387 g/mol. The molecule has 6 heteroatoms. The van der Waals surface area contributed by atoms with Crippen molar-refractivity contribution in [3.8, 4) is 0 Å². The zero-order chi connectivity index (χ0) is 19.8. The Balaban J connectivity index is 1.53. The van der Waals surface area contributed by atoms with Crippen LogP contribution in [-0.4, -0.2) is 53.3 Å². The predicted octanol–water partition coefficient (Wildman–Crippen LogP) is 2.47. The van der Waals surface area contributed by atoms with Crippen molar-refractivity contribution in [3.05, 3.63) is 35.1 Å². The molecular weight excluding hydrogens is 357 g/mol. The van der Waals surface area contributed by atoms with Gasteiger partial charge in [0, 0.05) is 45.6 Å². The van der Waals surface area contributed by atoms with Gasteiger partial charge in [-0.2, -0.15) is 0 Å². The van der Waals surface area contributed by atoms with E-state index in [0.717, 1.165) is 44.5 Å². The van der Waals surface area contributed by atoms with Gasteiger partial charge in [0.2, 0.25) is 11.8 Å². The maximum atomic E-state index is 13.6. The SMILES string of the molecule is CC(=O)NC[C@H]1[C@H]2C[C@H](CN(Cc3ccc(F)c(C)c3)C2)[C@@H]2CCCC(=O)N21. The Bertz CT molecular complexity index is 768. The lowest BCUT2D eigenvalue weighted by Crippen LogP contribution is -2.66. The summed E-state index contributed by atoms with van der Waals surface area (Å²) in [6.45, 7) is 6.58. The van der Waals surface area contributed by atoms with Crippen LogP contribution in [0.4, 0.5) is 4.39 Å². The van der Waals surface area contributed by atoms with Gasteiger partial charge in [-0.15, -0.1) is 0 Å². The number of nitrogens with one attached hydrogen (secondary N) is 1. The highest BCUT2D eigenvalue weighted by Gasteiger charge is 2.49. The van der Waals surface area contributed by atoms with E-state index in [1.165, 1.54) is 6.92 Å². The lowest BCUT2D eigenvalue weighted by atomic mass is 9.72. The van der Waals surface area contributed by atoms with Crippen LogP contribution in [0.15, 0.2) is 18.2 Å². The number of nitrogens with zero attached hydrogens (tertiary/aromatic N) is 2. The van der Waals surface area contributed by atoms with Crippen LogP contribution in [-0.2, 0) is 16.1 Å². The Morgan fingerprint density at radius 2 is 2.07 bits per heavy atom. The summed E-state index contributed by atoms with van der Waals surface area (Å²) in [5.41, 5.74) is 1.82. The number of amides is 2. The summed E-state index contributed by atoms with van der Waals surface area (Å²) in [5.74, 6) is 0.899. The lowest BCUT2D eigenvalue weighted by molar-refractivity contribution is -0.153. The zero-order valence-corrected chi connectivity index (χ0v) is 16.8. The Kier molecular flexibility index (Phi) is 5.41. The topological polar surface area (TPSA) is 52.7 Å². The molecule has 0 aromatic heterocycles. The molecule has 0 saturated carbocycles. The van der Waals surface area contributed by atoms with Gasteiger partial charge >= 0.3 is 0 Å². The number of hydrogen-bond acceptors (Lipinski definition) is 3. The fraction of sp³-hybridized carbons (Fsp3) is 0.636. The molecule has 3 aliphatic heterocycles. The third kappa shape index (κ3) is 3.79. The lowest BCUT2D eigenvalue weighted by Gasteiger charge is -2.56. The molecule has 1 aromatic rings. The standard InChI is InChI=1S/C22H30FN3O2/c1-14-8-16(6-7-19(14)23)11-25-12-17-9-18(13-25)21(10-24-15(2)27)26-20(17)4-3-5-22(26)28/h6-8,17-18,20-21H,3-5,9-13H2,1-2H3,(H,24,27)/t17-,18+,20+,21+/m1/s1. The average Bonchev–Trinajstić information content (AvgIpc) is 2.65. The van der Waals surface area contributed by atoms with Crippen LogP contribution in [0.5, 0.6) is 0 Å². The fourth-order valence-electron chi connectivity index (χ4n) is 5.58. The van der Waals surface area contributed by atoms with Crippen LogP contribution in [0.25, 0.3) is 0 Å². The predicted molar refractivity (Wildman–Crippen MR) is 105 cm³/mol. The van der Waals surface area contributed by atoms with E-state index in [-0.39, 0.29) is 29.7 Å². The van der Waals surface area contributed by atoms with Gasteiger partial charge in [0.15, 0.2) is 0 Å². The van der Waals surface area contributed by atoms with E-state index in [9.17, 15) is 14.0 Å². The molecule has 4 atom stereocenters. The minimum absolute atomic E-state index is 0.0439. The average molecular weight is 387 g/mol. The number of carbonyl (C=O) groups is 2. The second-order valence-corrected chi connectivity index (χ2v) is 8.80. The van der Waals surface area contributed by atoms with Gasteiger partial charge in [0.1, 0.15) is 5.82 Å². The molecule has 2 bridgehead atoms. The number of likely N-dealkylation sites (tertiary alicyclic amines) is 1. The van der Waals surface area contributed by atoms with Gasteiger partial charge in [-0.3, -0.25) is 14.5 Å². The fourth-order valence-corrected chi connectivity index (χ4v) is 5.58. The molecule has 3 aliphatic rings. The quantitative estimate of drug-likeness (QED) is 0.864.